The summed E-state index contributed by atoms with van der Waals surface area (Å²) in [5, 5.41) is 0.0448. The molecule has 0 bridgehead atoms. The number of fused-ring (bicyclic) bond motifs is 1. The Hall–Kier alpha value is -1.89. The maximum Gasteiger partial charge on any atom is 0.332 e. The standard InChI is InChI=1S/C15H15ClF2N2O3/c1-7(2)23-13-5-11(10(18)4-9(13)16)20-14(21)12-3-8(17)6-19(12)15(20)22/h4-5,7-8,12H,3,6H2,1-2H3/t8-,12-/m0/s1. The smallest absolute Gasteiger partial charge is 0.332 e. The van der Waals surface area contributed by atoms with Crippen LogP contribution in [0.3, 0.4) is 0 Å². The summed E-state index contributed by atoms with van der Waals surface area (Å²) in [5.41, 5.74) is -0.232. The average Bonchev–Trinajstić information content (AvgIpc) is 2.93. The predicted octanol–water partition coefficient (Wildman–Crippen LogP) is 3.15. The lowest BCUT2D eigenvalue weighted by atomic mass is 10.2. The second-order valence-corrected chi connectivity index (χ2v) is 6.27. The number of amides is 3. The summed E-state index contributed by atoms with van der Waals surface area (Å²) in [5.74, 6) is -1.27. The number of anilines is 1. The van der Waals surface area contributed by atoms with E-state index in [1.165, 1.54) is 6.07 Å². The number of carbonyl (C=O) groups is 2. The van der Waals surface area contributed by atoms with Crippen LogP contribution in [0.15, 0.2) is 12.1 Å². The van der Waals surface area contributed by atoms with Crippen molar-refractivity contribution in [2.45, 2.75) is 38.6 Å². The molecular formula is C15H15ClF2N2O3. The van der Waals surface area contributed by atoms with E-state index >= 15 is 0 Å². The molecule has 0 spiro atoms. The lowest BCUT2D eigenvalue weighted by Crippen LogP contribution is -2.35. The van der Waals surface area contributed by atoms with Crippen molar-refractivity contribution in [3.63, 3.8) is 0 Å². The SMILES string of the molecule is CC(C)Oc1cc(N2C(=O)[C@@H]3C[C@H](F)CN3C2=O)c(F)cc1Cl. The molecule has 0 unspecified atom stereocenters. The van der Waals surface area contributed by atoms with Gasteiger partial charge in [0.25, 0.3) is 5.91 Å². The number of ether oxygens (including phenoxy) is 1. The van der Waals surface area contributed by atoms with E-state index in [4.69, 9.17) is 16.3 Å². The van der Waals surface area contributed by atoms with Gasteiger partial charge in [0.2, 0.25) is 0 Å². The zero-order valence-corrected chi connectivity index (χ0v) is 13.3. The zero-order valence-electron chi connectivity index (χ0n) is 12.6. The molecule has 2 atom stereocenters. The first-order valence-electron chi connectivity index (χ1n) is 7.24. The molecule has 3 rings (SSSR count). The molecule has 23 heavy (non-hydrogen) atoms. The largest absolute Gasteiger partial charge is 0.489 e. The van der Waals surface area contributed by atoms with Crippen molar-refractivity contribution in [1.29, 1.82) is 0 Å². The van der Waals surface area contributed by atoms with Crippen LogP contribution in [0, 0.1) is 5.82 Å². The van der Waals surface area contributed by atoms with Crippen LogP contribution in [0.5, 0.6) is 5.75 Å². The van der Waals surface area contributed by atoms with Gasteiger partial charge in [-0.25, -0.2) is 18.5 Å². The van der Waals surface area contributed by atoms with Crippen LogP contribution in [0.1, 0.15) is 20.3 Å². The Morgan fingerprint density at radius 2 is 2.04 bits per heavy atom. The number of alkyl halides is 1. The first-order chi connectivity index (χ1) is 10.8. The highest BCUT2D eigenvalue weighted by Gasteiger charge is 2.52. The van der Waals surface area contributed by atoms with Crippen molar-refractivity contribution < 1.29 is 23.1 Å². The number of carbonyl (C=O) groups excluding carboxylic acids is 2. The second kappa shape index (κ2) is 5.63. The van der Waals surface area contributed by atoms with Crippen molar-refractivity contribution in [3.05, 3.63) is 23.0 Å². The Kier molecular flexibility index (Phi) is 3.91. The highest BCUT2D eigenvalue weighted by atomic mass is 35.5. The van der Waals surface area contributed by atoms with Crippen molar-refractivity contribution in [3.8, 4) is 5.75 Å². The number of imide groups is 1. The lowest BCUT2D eigenvalue weighted by Gasteiger charge is -2.19. The lowest BCUT2D eigenvalue weighted by molar-refractivity contribution is -0.119. The van der Waals surface area contributed by atoms with Gasteiger partial charge >= 0.3 is 6.03 Å². The van der Waals surface area contributed by atoms with Crippen LogP contribution in [-0.4, -0.2) is 41.7 Å². The van der Waals surface area contributed by atoms with E-state index in [-0.39, 0.29) is 35.5 Å². The third-order valence-electron chi connectivity index (χ3n) is 3.80. The molecule has 1 aromatic rings. The van der Waals surface area contributed by atoms with Crippen LogP contribution < -0.4 is 9.64 Å². The number of rotatable bonds is 3. The van der Waals surface area contributed by atoms with Gasteiger partial charge in [0, 0.05) is 12.5 Å². The van der Waals surface area contributed by atoms with Crippen LogP contribution in [0.2, 0.25) is 5.02 Å². The molecule has 8 heteroatoms. The highest BCUT2D eigenvalue weighted by Crippen LogP contribution is 2.38. The zero-order chi connectivity index (χ0) is 16.9. The number of benzene rings is 1. The van der Waals surface area contributed by atoms with E-state index in [1.54, 1.807) is 13.8 Å². The topological polar surface area (TPSA) is 49.9 Å². The summed E-state index contributed by atoms with van der Waals surface area (Å²) in [7, 11) is 0. The first kappa shape index (κ1) is 16.0. The van der Waals surface area contributed by atoms with E-state index in [0.29, 0.717) is 0 Å². The molecule has 2 heterocycles. The van der Waals surface area contributed by atoms with Gasteiger partial charge in [-0.2, -0.15) is 0 Å². The summed E-state index contributed by atoms with van der Waals surface area (Å²) in [6, 6.07) is 0.623. The van der Waals surface area contributed by atoms with Crippen molar-refractivity contribution >= 4 is 29.2 Å². The number of nitrogens with zero attached hydrogens (tertiary/aromatic N) is 2. The van der Waals surface area contributed by atoms with Gasteiger partial charge in [-0.3, -0.25) is 4.79 Å². The number of urea groups is 1. The molecule has 1 aromatic carbocycles. The summed E-state index contributed by atoms with van der Waals surface area (Å²) in [6.45, 7) is 3.38. The van der Waals surface area contributed by atoms with Crippen LogP contribution in [-0.2, 0) is 4.79 Å². The Labute approximate surface area is 136 Å². The molecule has 124 valence electrons. The number of hydrogen-bond donors (Lipinski definition) is 0. The summed E-state index contributed by atoms with van der Waals surface area (Å²) < 4.78 is 33.1. The van der Waals surface area contributed by atoms with Gasteiger partial charge in [0.1, 0.15) is 23.8 Å². The number of hydrogen-bond acceptors (Lipinski definition) is 3. The van der Waals surface area contributed by atoms with Crippen LogP contribution in [0.4, 0.5) is 19.3 Å². The molecule has 0 N–H and O–H groups in total. The van der Waals surface area contributed by atoms with Gasteiger partial charge in [0.05, 0.1) is 23.4 Å². The van der Waals surface area contributed by atoms with E-state index in [2.05, 4.69) is 0 Å². The van der Waals surface area contributed by atoms with Gasteiger partial charge in [-0.05, 0) is 19.9 Å². The van der Waals surface area contributed by atoms with E-state index < -0.39 is 30.0 Å². The molecule has 2 saturated heterocycles. The Morgan fingerprint density at radius 3 is 2.65 bits per heavy atom. The normalized spacial score (nSPS) is 23.9. The van der Waals surface area contributed by atoms with E-state index in [0.717, 1.165) is 15.9 Å². The van der Waals surface area contributed by atoms with Crippen molar-refractivity contribution in [2.75, 3.05) is 11.4 Å². The summed E-state index contributed by atoms with van der Waals surface area (Å²) in [4.78, 5) is 26.6. The Balaban J connectivity index is 1.99. The van der Waals surface area contributed by atoms with Gasteiger partial charge in [0.15, 0.2) is 0 Å². The van der Waals surface area contributed by atoms with Gasteiger partial charge < -0.3 is 9.64 Å². The molecule has 3 amide bonds. The Bertz CT molecular complexity index is 659. The Morgan fingerprint density at radius 1 is 1.35 bits per heavy atom. The average molecular weight is 345 g/mol. The quantitative estimate of drug-likeness (QED) is 0.791. The van der Waals surface area contributed by atoms with E-state index in [9.17, 15) is 18.4 Å². The third-order valence-corrected chi connectivity index (χ3v) is 4.09. The molecular weight excluding hydrogens is 330 g/mol. The minimum atomic E-state index is -1.23. The summed E-state index contributed by atoms with van der Waals surface area (Å²) in [6.07, 6.45) is -1.51. The molecule has 2 aliphatic heterocycles. The van der Waals surface area contributed by atoms with Crippen LogP contribution in [0.25, 0.3) is 0 Å². The molecule has 0 saturated carbocycles. The van der Waals surface area contributed by atoms with Gasteiger partial charge in [-0.1, -0.05) is 11.6 Å². The van der Waals surface area contributed by atoms with Crippen LogP contribution >= 0.6 is 11.6 Å². The minimum Gasteiger partial charge on any atom is -0.489 e. The minimum absolute atomic E-state index is 0.0448. The highest BCUT2D eigenvalue weighted by molar-refractivity contribution is 6.32. The van der Waals surface area contributed by atoms with Crippen molar-refractivity contribution in [2.24, 2.45) is 0 Å². The second-order valence-electron chi connectivity index (χ2n) is 5.86. The summed E-state index contributed by atoms with van der Waals surface area (Å²) >= 11 is 5.93. The molecule has 0 radical (unpaired) electrons. The maximum absolute atomic E-state index is 14.2. The monoisotopic (exact) mass is 344 g/mol. The molecule has 0 aromatic heterocycles. The maximum atomic E-state index is 14.2. The first-order valence-corrected chi connectivity index (χ1v) is 7.61. The molecule has 2 aliphatic rings. The van der Waals surface area contributed by atoms with Gasteiger partial charge in [-0.15, -0.1) is 0 Å². The third kappa shape index (κ3) is 2.63. The molecule has 2 fully saturated rings. The van der Waals surface area contributed by atoms with Crippen molar-refractivity contribution in [1.82, 2.24) is 4.90 Å². The number of halogens is 3. The fourth-order valence-corrected chi connectivity index (χ4v) is 3.05. The predicted molar refractivity (Wildman–Crippen MR) is 80.1 cm³/mol. The fraction of sp³-hybridized carbons (Fsp3) is 0.467. The molecule has 5 nitrogen and oxygen atoms in total. The molecule has 0 aliphatic carbocycles. The van der Waals surface area contributed by atoms with E-state index in [1.807, 2.05) is 0 Å². The fourth-order valence-electron chi connectivity index (χ4n) is 2.86.